The largest absolute Gasteiger partial charge is 0.478 e. The Kier molecular flexibility index (Phi) is 5.40. The number of halogens is 2. The molecule has 0 aliphatic heterocycles. The van der Waals surface area contributed by atoms with Crippen molar-refractivity contribution in [2.24, 2.45) is 0 Å². The minimum absolute atomic E-state index is 0.209. The van der Waals surface area contributed by atoms with Crippen molar-refractivity contribution in [3.63, 3.8) is 0 Å². The van der Waals surface area contributed by atoms with Crippen LogP contribution in [-0.4, -0.2) is 26.8 Å². The molecule has 7 heteroatoms. The predicted octanol–water partition coefficient (Wildman–Crippen LogP) is 5.87. The van der Waals surface area contributed by atoms with Gasteiger partial charge in [-0.3, -0.25) is 4.79 Å². The maximum atomic E-state index is 13.1. The maximum Gasteiger partial charge on any atom is 0.328 e. The fourth-order valence-corrected chi connectivity index (χ4v) is 3.55. The molecule has 0 aliphatic carbocycles. The first-order valence-corrected chi connectivity index (χ1v) is 9.67. The summed E-state index contributed by atoms with van der Waals surface area (Å²) in [5.74, 6) is -1.27. The number of aliphatic carboxylic acids is 1. The van der Waals surface area contributed by atoms with Crippen LogP contribution in [0.4, 0.5) is 0 Å². The van der Waals surface area contributed by atoms with Crippen molar-refractivity contribution in [1.82, 2.24) is 9.97 Å². The molecule has 4 rings (SSSR count). The number of ketones is 1. The first-order chi connectivity index (χ1) is 14.4. The Morgan fingerprint density at radius 1 is 1.00 bits per heavy atom. The van der Waals surface area contributed by atoms with E-state index in [1.807, 2.05) is 24.3 Å². The Bertz CT molecular complexity index is 1330. The third-order valence-electron chi connectivity index (χ3n) is 4.61. The average Bonchev–Trinajstić information content (AvgIpc) is 3.17. The molecule has 0 saturated carbocycles. The summed E-state index contributed by atoms with van der Waals surface area (Å²) < 4.78 is 0. The van der Waals surface area contributed by atoms with Gasteiger partial charge in [-0.15, -0.1) is 0 Å². The maximum absolute atomic E-state index is 13.1. The van der Waals surface area contributed by atoms with E-state index in [4.69, 9.17) is 28.3 Å². The lowest BCUT2D eigenvalue weighted by Crippen LogP contribution is -2.01. The number of fused-ring (bicyclic) bond motifs is 1. The molecule has 148 valence electrons. The molecule has 0 unspecified atom stereocenters. The van der Waals surface area contributed by atoms with Crippen molar-refractivity contribution in [2.45, 2.75) is 0 Å². The summed E-state index contributed by atoms with van der Waals surface area (Å²) in [4.78, 5) is 31.3. The molecule has 0 fully saturated rings. The summed E-state index contributed by atoms with van der Waals surface area (Å²) in [6.45, 7) is 0. The Morgan fingerprint density at radius 3 is 2.60 bits per heavy atom. The fraction of sp³-hybridized carbons (Fsp3) is 0. The van der Waals surface area contributed by atoms with Gasteiger partial charge in [-0.25, -0.2) is 9.78 Å². The van der Waals surface area contributed by atoms with Crippen LogP contribution in [0.2, 0.25) is 10.0 Å². The first-order valence-electron chi connectivity index (χ1n) is 8.91. The van der Waals surface area contributed by atoms with E-state index in [-0.39, 0.29) is 10.8 Å². The van der Waals surface area contributed by atoms with E-state index in [0.717, 1.165) is 22.8 Å². The van der Waals surface area contributed by atoms with Crippen LogP contribution >= 0.6 is 23.2 Å². The highest BCUT2D eigenvalue weighted by Gasteiger charge is 2.19. The van der Waals surface area contributed by atoms with Gasteiger partial charge in [0.1, 0.15) is 5.65 Å². The highest BCUT2D eigenvalue weighted by atomic mass is 35.5. The second kappa shape index (κ2) is 8.14. The van der Waals surface area contributed by atoms with Crippen LogP contribution in [0.25, 0.3) is 28.2 Å². The molecule has 0 amide bonds. The van der Waals surface area contributed by atoms with E-state index >= 15 is 0 Å². The van der Waals surface area contributed by atoms with Crippen molar-refractivity contribution < 1.29 is 14.7 Å². The van der Waals surface area contributed by atoms with E-state index in [2.05, 4.69) is 9.97 Å². The van der Waals surface area contributed by atoms with Crippen molar-refractivity contribution in [3.8, 4) is 11.1 Å². The molecular weight excluding hydrogens is 423 g/mol. The summed E-state index contributed by atoms with van der Waals surface area (Å²) in [5, 5.41) is 9.99. The van der Waals surface area contributed by atoms with Gasteiger partial charge in [0, 0.05) is 40.5 Å². The van der Waals surface area contributed by atoms with Crippen LogP contribution in [0.15, 0.2) is 67.0 Å². The topological polar surface area (TPSA) is 83.0 Å². The van der Waals surface area contributed by atoms with Gasteiger partial charge in [-0.1, -0.05) is 47.5 Å². The molecule has 2 aromatic carbocycles. The number of carbonyl (C=O) groups is 2. The monoisotopic (exact) mass is 436 g/mol. The molecule has 0 aliphatic rings. The van der Waals surface area contributed by atoms with Crippen LogP contribution < -0.4 is 0 Å². The lowest BCUT2D eigenvalue weighted by molar-refractivity contribution is -0.131. The molecule has 2 N–H and O–H groups in total. The third-order valence-corrected chi connectivity index (χ3v) is 5.43. The van der Waals surface area contributed by atoms with Gasteiger partial charge >= 0.3 is 5.97 Å². The number of pyridine rings is 1. The minimum Gasteiger partial charge on any atom is -0.478 e. The highest BCUT2D eigenvalue weighted by Crippen LogP contribution is 2.31. The van der Waals surface area contributed by atoms with Crippen molar-refractivity contribution in [3.05, 3.63) is 93.7 Å². The molecule has 0 atom stereocenters. The zero-order valence-corrected chi connectivity index (χ0v) is 16.9. The molecule has 0 radical (unpaired) electrons. The van der Waals surface area contributed by atoms with Crippen LogP contribution in [0.5, 0.6) is 0 Å². The zero-order valence-electron chi connectivity index (χ0n) is 15.4. The minimum atomic E-state index is -1.02. The zero-order chi connectivity index (χ0) is 21.3. The summed E-state index contributed by atoms with van der Waals surface area (Å²) in [6, 6.07) is 14.2. The van der Waals surface area contributed by atoms with Gasteiger partial charge in [0.15, 0.2) is 5.78 Å². The first kappa shape index (κ1) is 19.9. The Hall–Kier alpha value is -3.41. The molecule has 0 spiro atoms. The lowest BCUT2D eigenvalue weighted by atomic mass is 10.00. The molecule has 2 aromatic heterocycles. The van der Waals surface area contributed by atoms with Gasteiger partial charge < -0.3 is 10.1 Å². The number of carboxylic acids is 1. The number of benzene rings is 2. The second-order valence-electron chi connectivity index (χ2n) is 6.55. The molecule has 2 heterocycles. The predicted molar refractivity (Wildman–Crippen MR) is 118 cm³/mol. The Labute approximate surface area is 181 Å². The number of rotatable bonds is 5. The molecule has 30 heavy (non-hydrogen) atoms. The van der Waals surface area contributed by atoms with Gasteiger partial charge in [0.25, 0.3) is 0 Å². The van der Waals surface area contributed by atoms with E-state index < -0.39 is 5.97 Å². The van der Waals surface area contributed by atoms with Gasteiger partial charge in [-0.05, 0) is 41.5 Å². The molecule has 0 saturated heterocycles. The molecule has 5 nitrogen and oxygen atoms in total. The van der Waals surface area contributed by atoms with Crippen LogP contribution in [0.3, 0.4) is 0 Å². The normalized spacial score (nSPS) is 11.3. The number of carboxylic acid groups (broad SMARTS) is 1. The van der Waals surface area contributed by atoms with E-state index in [0.29, 0.717) is 27.2 Å². The quantitative estimate of drug-likeness (QED) is 0.302. The Balaban J connectivity index is 1.77. The van der Waals surface area contributed by atoms with Gasteiger partial charge in [-0.2, -0.15) is 0 Å². The number of hydrogen-bond acceptors (Lipinski definition) is 3. The number of nitrogens with one attached hydrogen (secondary N) is 1. The summed E-state index contributed by atoms with van der Waals surface area (Å²) in [6.07, 6.45) is 5.90. The van der Waals surface area contributed by atoms with Crippen molar-refractivity contribution in [1.29, 1.82) is 0 Å². The molecule has 4 aromatic rings. The fourth-order valence-electron chi connectivity index (χ4n) is 3.16. The second-order valence-corrected chi connectivity index (χ2v) is 7.34. The van der Waals surface area contributed by atoms with Crippen LogP contribution in [0.1, 0.15) is 21.5 Å². The van der Waals surface area contributed by atoms with Gasteiger partial charge in [0.2, 0.25) is 0 Å². The SMILES string of the molecule is O=C(O)/C=C/c1cccc(-c2cnc3[nH]cc(C(=O)c4cccc(Cl)c4Cl)c3c2)c1. The highest BCUT2D eigenvalue weighted by molar-refractivity contribution is 6.44. The average molecular weight is 437 g/mol. The number of hydrogen-bond donors (Lipinski definition) is 2. The summed E-state index contributed by atoms with van der Waals surface area (Å²) >= 11 is 12.3. The Morgan fingerprint density at radius 2 is 1.80 bits per heavy atom. The number of aromatic amines is 1. The summed E-state index contributed by atoms with van der Waals surface area (Å²) in [5.41, 5.74) is 3.70. The number of nitrogens with zero attached hydrogens (tertiary/aromatic N) is 1. The van der Waals surface area contributed by atoms with Gasteiger partial charge in [0.05, 0.1) is 10.0 Å². The number of H-pyrrole nitrogens is 1. The van der Waals surface area contributed by atoms with Crippen LogP contribution in [-0.2, 0) is 4.79 Å². The standard InChI is InChI=1S/C23H14Cl2N2O3/c24-19-6-2-5-16(21(19)25)22(30)18-12-27-23-17(18)10-15(11-26-23)14-4-1-3-13(9-14)7-8-20(28)29/h1-12H,(H,26,27)(H,28,29)/b8-7+. The third kappa shape index (κ3) is 3.85. The number of aromatic nitrogens is 2. The van der Waals surface area contributed by atoms with E-state index in [1.165, 1.54) is 6.08 Å². The van der Waals surface area contributed by atoms with E-state index in [9.17, 15) is 9.59 Å². The van der Waals surface area contributed by atoms with E-state index in [1.54, 1.807) is 36.7 Å². The number of carbonyl (C=O) groups excluding carboxylic acids is 1. The smallest absolute Gasteiger partial charge is 0.328 e. The molecule has 0 bridgehead atoms. The van der Waals surface area contributed by atoms with Crippen LogP contribution in [0, 0.1) is 0 Å². The van der Waals surface area contributed by atoms with Crippen molar-refractivity contribution in [2.75, 3.05) is 0 Å². The molecular formula is C23H14Cl2N2O3. The van der Waals surface area contributed by atoms with Crippen molar-refractivity contribution >= 4 is 52.1 Å². The lowest BCUT2D eigenvalue weighted by Gasteiger charge is -2.06. The summed E-state index contributed by atoms with van der Waals surface area (Å²) in [7, 11) is 0.